The highest BCUT2D eigenvalue weighted by atomic mass is 35.5. The number of ether oxygens (including phenoxy) is 2. The zero-order valence-corrected chi connectivity index (χ0v) is 52.7. The summed E-state index contributed by atoms with van der Waals surface area (Å²) < 4.78 is 18.8. The number of halogens is 2. The van der Waals surface area contributed by atoms with Gasteiger partial charge < -0.3 is 29.6 Å². The molecule has 0 bridgehead atoms. The quantitative estimate of drug-likeness (QED) is 0.0260. The molecule has 0 radical (unpaired) electrons. The van der Waals surface area contributed by atoms with Crippen LogP contribution in [0, 0.1) is 10.4 Å². The van der Waals surface area contributed by atoms with Crippen molar-refractivity contribution in [3.63, 3.8) is 0 Å². The van der Waals surface area contributed by atoms with Gasteiger partial charge in [0.25, 0.3) is 0 Å². The summed E-state index contributed by atoms with van der Waals surface area (Å²) in [6.45, 7) is 13.3. The maximum Gasteiger partial charge on any atom is 0.338 e. The molecule has 6 heterocycles. The zero-order valence-electron chi connectivity index (χ0n) is 50.2. The fraction of sp³-hybridized carbons (Fsp3) is 0.224. The number of benzene rings is 6. The SMILES string of the molecule is CC(C)(C)OC(=O)c1ccc2c(c1)nc(C(Cc1ccccc1)c1ccc(-c3cc(Cl)ccc3-n3cnnn3)c[n+]1[O-])n2COCC[Si](C)(C)C.O=C(O)c1ccc2c(c1)N=C(C(Cc1ccccc1)c1ccc(-c3cc(Cl)ccc3-n3cnnn3)c[n+]1[O-])C2. The standard InChI is InChI=1S/C38H42ClN7O4Si.C29H21ClN6O3/c1-38(2,3)50-37(47)27-12-16-35-32(21-27)41-36(44(35)25-49-18-19-51(4,5)6)31(20-26-10-8-7-9-11-26)34-15-13-28(23-46(34)48)30-22-29(39)14-17-33(30)45-24-40-42-43-45;30-22-9-11-27(35-17-31-33-34-35)23(15-22)21-8-10-28(36(39)16-21)24(12-18-4-2-1-3-5-18)26-13-19-6-7-20(29(37)38)14-25(19)32-26/h7-17,21-24,31H,18-20,25H2,1-6H3;1-11,14-17,24H,12-13H2,(H,37,38). The van der Waals surface area contributed by atoms with Gasteiger partial charge in [-0.1, -0.05) is 110 Å². The molecule has 5 aromatic heterocycles. The molecule has 6 aromatic carbocycles. The molecule has 23 heteroatoms. The number of aromatic carboxylic acids is 1. The molecule has 0 aliphatic carbocycles. The number of carboxylic acids is 1. The van der Waals surface area contributed by atoms with Gasteiger partial charge in [0.05, 0.1) is 45.1 Å². The first-order valence-electron chi connectivity index (χ1n) is 29.1. The van der Waals surface area contributed by atoms with E-state index in [0.717, 1.165) is 43.4 Å². The van der Waals surface area contributed by atoms with Crippen LogP contribution in [0.1, 0.15) is 87.2 Å². The molecule has 1 N–H and O–H groups in total. The van der Waals surface area contributed by atoms with Gasteiger partial charge in [0.2, 0.25) is 11.4 Å². The predicted molar refractivity (Wildman–Crippen MR) is 345 cm³/mol. The van der Waals surface area contributed by atoms with Gasteiger partial charge in [0, 0.05) is 71.2 Å². The van der Waals surface area contributed by atoms with Crippen LogP contribution in [-0.4, -0.2) is 93.0 Å². The van der Waals surface area contributed by atoms with Gasteiger partial charge in [-0.2, -0.15) is 18.8 Å². The van der Waals surface area contributed by atoms with Gasteiger partial charge in [-0.05, 0) is 156 Å². The van der Waals surface area contributed by atoms with Gasteiger partial charge in [-0.25, -0.2) is 14.6 Å². The van der Waals surface area contributed by atoms with Crippen molar-refractivity contribution in [2.75, 3.05) is 6.61 Å². The lowest BCUT2D eigenvalue weighted by Crippen LogP contribution is -2.36. The molecule has 0 fully saturated rings. The molecule has 0 spiro atoms. The van der Waals surface area contributed by atoms with Crippen molar-refractivity contribution in [3.8, 4) is 33.6 Å². The molecule has 0 saturated carbocycles. The third kappa shape index (κ3) is 14.5. The minimum atomic E-state index is -1.34. The van der Waals surface area contributed by atoms with Crippen LogP contribution in [0.15, 0.2) is 188 Å². The molecule has 20 nitrogen and oxygen atoms in total. The number of tetrazole rings is 2. The van der Waals surface area contributed by atoms with Crippen LogP contribution in [0.25, 0.3) is 44.7 Å². The fourth-order valence-corrected chi connectivity index (χ4v) is 11.9. The highest BCUT2D eigenvalue weighted by molar-refractivity contribution is 6.76. The molecule has 2 unspecified atom stereocenters. The minimum absolute atomic E-state index is 0.182. The van der Waals surface area contributed by atoms with E-state index in [-0.39, 0.29) is 18.2 Å². The van der Waals surface area contributed by atoms with Crippen molar-refractivity contribution < 1.29 is 33.6 Å². The molecular formula is C67H63Cl2N13O7Si. The van der Waals surface area contributed by atoms with Crippen molar-refractivity contribution in [3.05, 3.63) is 248 Å². The van der Waals surface area contributed by atoms with Crippen molar-refractivity contribution in [1.29, 1.82) is 0 Å². The summed E-state index contributed by atoms with van der Waals surface area (Å²) in [5.41, 5.74) is 10.9. The Bertz CT molecular complexity index is 4420. The van der Waals surface area contributed by atoms with Crippen molar-refractivity contribution in [2.45, 2.75) is 89.9 Å². The Morgan fingerprint density at radius 2 is 1.23 bits per heavy atom. The Labute approximate surface area is 529 Å². The molecule has 0 saturated heterocycles. The number of aliphatic imine (C=N–C) groups is 1. The van der Waals surface area contributed by atoms with Crippen LogP contribution >= 0.6 is 23.2 Å². The van der Waals surface area contributed by atoms with Crippen LogP contribution in [0.4, 0.5) is 5.69 Å². The molecule has 1 aliphatic heterocycles. The van der Waals surface area contributed by atoms with E-state index in [1.54, 1.807) is 66.9 Å². The van der Waals surface area contributed by atoms with Gasteiger partial charge in [0.1, 0.15) is 36.7 Å². The van der Waals surface area contributed by atoms with Crippen molar-refractivity contribution >= 4 is 65.6 Å². The van der Waals surface area contributed by atoms with Crippen LogP contribution in [-0.2, 0) is 35.5 Å². The summed E-state index contributed by atoms with van der Waals surface area (Å²) in [6, 6.07) is 49.4. The second kappa shape index (κ2) is 26.5. The van der Waals surface area contributed by atoms with E-state index < -0.39 is 31.5 Å². The number of aromatic nitrogens is 12. The lowest BCUT2D eigenvalue weighted by atomic mass is 9.88. The minimum Gasteiger partial charge on any atom is -0.618 e. The molecule has 0 amide bonds. The second-order valence-corrected chi connectivity index (χ2v) is 30.5. The number of carbonyl (C=O) groups is 2. The highest BCUT2D eigenvalue weighted by Gasteiger charge is 2.33. The number of fused-ring (bicyclic) bond motifs is 2. The zero-order chi connectivity index (χ0) is 63.3. The highest BCUT2D eigenvalue weighted by Crippen LogP contribution is 2.37. The second-order valence-electron chi connectivity index (χ2n) is 24.0. The van der Waals surface area contributed by atoms with Crippen molar-refractivity contribution in [1.82, 2.24) is 50.0 Å². The smallest absolute Gasteiger partial charge is 0.338 e. The average molecular weight is 1260 g/mol. The first-order chi connectivity index (χ1) is 43.2. The van der Waals surface area contributed by atoms with E-state index in [1.165, 1.54) is 28.2 Å². The topological polar surface area (TPSA) is 244 Å². The molecule has 90 heavy (non-hydrogen) atoms. The van der Waals surface area contributed by atoms with Crippen LogP contribution in [0.5, 0.6) is 0 Å². The van der Waals surface area contributed by atoms with Crippen LogP contribution in [0.3, 0.4) is 0 Å². The first kappa shape index (κ1) is 61.8. The Kier molecular flexibility index (Phi) is 18.2. The first-order valence-corrected chi connectivity index (χ1v) is 33.5. The number of hydrogen-bond acceptors (Lipinski definition) is 14. The Hall–Kier alpha value is -9.80. The van der Waals surface area contributed by atoms with Crippen LogP contribution in [0.2, 0.25) is 35.7 Å². The summed E-state index contributed by atoms with van der Waals surface area (Å²) >= 11 is 12.7. The summed E-state index contributed by atoms with van der Waals surface area (Å²) in [7, 11) is -1.34. The van der Waals surface area contributed by atoms with E-state index in [9.17, 15) is 25.1 Å². The molecule has 2 atom stereocenters. The molecule has 1 aliphatic rings. The van der Waals surface area contributed by atoms with Gasteiger partial charge in [0.15, 0.2) is 12.4 Å². The predicted octanol–water partition coefficient (Wildman–Crippen LogP) is 12.6. The average Bonchev–Trinajstić information content (AvgIpc) is 1.55. The number of imidazole rings is 1. The Morgan fingerprint density at radius 1 is 0.678 bits per heavy atom. The Morgan fingerprint density at radius 3 is 1.76 bits per heavy atom. The largest absolute Gasteiger partial charge is 0.618 e. The fourth-order valence-electron chi connectivity index (χ4n) is 10.8. The summed E-state index contributed by atoms with van der Waals surface area (Å²) in [6.07, 6.45) is 7.64. The number of carboxylic acid groups (broad SMARTS) is 1. The summed E-state index contributed by atoms with van der Waals surface area (Å²) in [5, 5.41) is 61.2. The molecule has 12 rings (SSSR count). The monoisotopic (exact) mass is 1260 g/mol. The number of nitrogens with zero attached hydrogens (tertiary/aromatic N) is 13. The van der Waals surface area contributed by atoms with Gasteiger partial charge in [-0.15, -0.1) is 10.2 Å². The lowest BCUT2D eigenvalue weighted by molar-refractivity contribution is -0.614. The van der Waals surface area contributed by atoms with Crippen molar-refractivity contribution in [2.24, 2.45) is 4.99 Å². The third-order valence-electron chi connectivity index (χ3n) is 15.2. The van der Waals surface area contributed by atoms with Gasteiger partial charge >= 0.3 is 11.9 Å². The summed E-state index contributed by atoms with van der Waals surface area (Å²) in [4.78, 5) is 34.5. The normalized spacial score (nSPS) is 12.9. The Balaban J connectivity index is 0.000000192. The molecular weight excluding hydrogens is 1200 g/mol. The molecule has 456 valence electrons. The number of rotatable bonds is 19. The van der Waals surface area contributed by atoms with E-state index in [2.05, 4.69) is 50.7 Å². The molecule has 11 aromatic rings. The third-order valence-corrected chi connectivity index (χ3v) is 17.4. The maximum atomic E-state index is 14.2. The van der Waals surface area contributed by atoms with E-state index in [1.807, 2.05) is 122 Å². The number of hydrogen-bond donors (Lipinski definition) is 1. The maximum absolute atomic E-state index is 14.2. The number of pyridine rings is 2. The van der Waals surface area contributed by atoms with E-state index in [4.69, 9.17) is 42.7 Å². The number of esters is 1. The van der Waals surface area contributed by atoms with E-state index in [0.29, 0.717) is 104 Å². The van der Waals surface area contributed by atoms with Crippen LogP contribution < -0.4 is 9.46 Å². The van der Waals surface area contributed by atoms with Gasteiger partial charge in [-0.3, -0.25) is 4.99 Å². The number of carbonyl (C=O) groups excluding carboxylic acids is 1. The van der Waals surface area contributed by atoms with E-state index >= 15 is 0 Å². The summed E-state index contributed by atoms with van der Waals surface area (Å²) in [5.74, 6) is -1.58. The lowest BCUT2D eigenvalue weighted by Gasteiger charge is -2.20.